The first-order valence-electron chi connectivity index (χ1n) is 10.4. The molecule has 0 atom stereocenters. The highest BCUT2D eigenvalue weighted by atomic mass is 19.3. The highest BCUT2D eigenvalue weighted by Crippen LogP contribution is 2.38. The van der Waals surface area contributed by atoms with E-state index in [-0.39, 0.29) is 5.65 Å². The lowest BCUT2D eigenvalue weighted by Crippen LogP contribution is -2.20. The number of halogens is 2. The third-order valence-corrected chi connectivity index (χ3v) is 5.22. The molecule has 7 heteroatoms. The second kappa shape index (κ2) is 7.89. The van der Waals surface area contributed by atoms with Gasteiger partial charge in [-0.1, -0.05) is 69.3 Å². The first-order chi connectivity index (χ1) is 15.1. The standard InChI is InChI=1S/C25H25F2N5/c1-24(2,3)20-19-21(30-23(29-20)25(4,26)27)31-32(22(19)28-5)18-14-10-9-13-17(18)15-16-11-7-6-8-12-16/h6-14H,5,15H2,1-4H3. The number of alkyl halides is 2. The van der Waals surface area contributed by atoms with Gasteiger partial charge in [-0.3, -0.25) is 0 Å². The highest BCUT2D eigenvalue weighted by Gasteiger charge is 2.34. The molecule has 4 aromatic rings. The fraction of sp³-hybridized carbons (Fsp3) is 0.280. The van der Waals surface area contributed by atoms with Gasteiger partial charge in [0.1, 0.15) is 0 Å². The number of hydrogen-bond donors (Lipinski definition) is 0. The molecular formula is C25H25F2N5. The third kappa shape index (κ3) is 4.02. The number of para-hydroxylation sites is 1. The Kier molecular flexibility index (Phi) is 5.36. The van der Waals surface area contributed by atoms with Gasteiger partial charge in [0.2, 0.25) is 5.82 Å². The van der Waals surface area contributed by atoms with Gasteiger partial charge in [-0.2, -0.15) is 8.78 Å². The molecule has 2 aromatic heterocycles. The Morgan fingerprint density at radius 1 is 0.938 bits per heavy atom. The molecule has 5 nitrogen and oxygen atoms in total. The van der Waals surface area contributed by atoms with Gasteiger partial charge in [-0.05, 0) is 30.3 Å². The maximum absolute atomic E-state index is 14.2. The van der Waals surface area contributed by atoms with Gasteiger partial charge in [0.05, 0.1) is 16.8 Å². The Morgan fingerprint density at radius 2 is 1.59 bits per heavy atom. The van der Waals surface area contributed by atoms with Crippen LogP contribution in [0.4, 0.5) is 14.6 Å². The summed E-state index contributed by atoms with van der Waals surface area (Å²) < 4.78 is 30.0. The molecule has 0 N–H and O–H groups in total. The van der Waals surface area contributed by atoms with Crippen molar-refractivity contribution >= 4 is 23.6 Å². The van der Waals surface area contributed by atoms with E-state index in [2.05, 4.69) is 38.9 Å². The van der Waals surface area contributed by atoms with Crippen LogP contribution in [0.2, 0.25) is 0 Å². The van der Waals surface area contributed by atoms with Crippen molar-refractivity contribution in [1.82, 2.24) is 19.7 Å². The van der Waals surface area contributed by atoms with Crippen molar-refractivity contribution in [2.75, 3.05) is 0 Å². The summed E-state index contributed by atoms with van der Waals surface area (Å²) in [7, 11) is 0. The van der Waals surface area contributed by atoms with E-state index in [1.54, 1.807) is 4.68 Å². The third-order valence-electron chi connectivity index (χ3n) is 5.22. The summed E-state index contributed by atoms with van der Waals surface area (Å²) in [5.41, 5.74) is 3.07. The maximum Gasteiger partial charge on any atom is 0.303 e. The molecule has 0 spiro atoms. The zero-order chi connectivity index (χ0) is 23.1. The summed E-state index contributed by atoms with van der Waals surface area (Å²) in [5.74, 6) is -3.30. The molecule has 32 heavy (non-hydrogen) atoms. The van der Waals surface area contributed by atoms with Crippen LogP contribution in [0.3, 0.4) is 0 Å². The van der Waals surface area contributed by atoms with Gasteiger partial charge in [0, 0.05) is 12.3 Å². The maximum atomic E-state index is 14.2. The predicted octanol–water partition coefficient (Wildman–Crippen LogP) is 6.15. The molecule has 0 amide bonds. The van der Waals surface area contributed by atoms with E-state index in [0.717, 1.165) is 23.7 Å². The first-order valence-corrected chi connectivity index (χ1v) is 10.4. The van der Waals surface area contributed by atoms with Crippen LogP contribution in [0.25, 0.3) is 16.7 Å². The zero-order valence-electron chi connectivity index (χ0n) is 18.6. The predicted molar refractivity (Wildman–Crippen MR) is 123 cm³/mol. The molecule has 0 saturated heterocycles. The van der Waals surface area contributed by atoms with Gasteiger partial charge in [-0.25, -0.2) is 19.6 Å². The van der Waals surface area contributed by atoms with Crippen LogP contribution in [0.5, 0.6) is 0 Å². The number of aliphatic imine (C=N–C) groups is 1. The van der Waals surface area contributed by atoms with Crippen LogP contribution in [-0.4, -0.2) is 26.5 Å². The summed E-state index contributed by atoms with van der Waals surface area (Å²) in [4.78, 5) is 12.6. The summed E-state index contributed by atoms with van der Waals surface area (Å²) in [5, 5.41) is 5.14. The number of rotatable bonds is 5. The zero-order valence-corrected chi connectivity index (χ0v) is 18.6. The number of nitrogens with zero attached hydrogens (tertiary/aromatic N) is 5. The molecule has 0 bridgehead atoms. The van der Waals surface area contributed by atoms with Gasteiger partial charge in [-0.15, -0.1) is 5.10 Å². The average Bonchev–Trinajstić information content (AvgIpc) is 3.11. The largest absolute Gasteiger partial charge is 0.303 e. The van der Waals surface area contributed by atoms with Gasteiger partial charge in [0.25, 0.3) is 0 Å². The smallest absolute Gasteiger partial charge is 0.244 e. The average molecular weight is 434 g/mol. The molecule has 0 saturated carbocycles. The van der Waals surface area contributed by atoms with Gasteiger partial charge < -0.3 is 0 Å². The fourth-order valence-electron chi connectivity index (χ4n) is 3.71. The molecule has 2 heterocycles. The molecule has 0 aliphatic heterocycles. The SMILES string of the molecule is C=Nc1c2c(C(C)(C)C)nc(C(C)(F)F)nc2nn1-c1ccccc1Cc1ccccc1. The van der Waals surface area contributed by atoms with Gasteiger partial charge >= 0.3 is 5.92 Å². The van der Waals surface area contributed by atoms with E-state index in [4.69, 9.17) is 0 Å². The van der Waals surface area contributed by atoms with Crippen LogP contribution < -0.4 is 0 Å². The van der Waals surface area contributed by atoms with E-state index in [1.165, 1.54) is 0 Å². The topological polar surface area (TPSA) is 56.0 Å². The molecule has 0 unspecified atom stereocenters. The van der Waals surface area contributed by atoms with Crippen molar-refractivity contribution in [3.63, 3.8) is 0 Å². The van der Waals surface area contributed by atoms with E-state index >= 15 is 0 Å². The highest BCUT2D eigenvalue weighted by molar-refractivity contribution is 5.90. The normalized spacial score (nSPS) is 12.3. The van der Waals surface area contributed by atoms with Crippen molar-refractivity contribution in [3.8, 4) is 5.69 Å². The van der Waals surface area contributed by atoms with E-state index in [1.807, 2.05) is 63.2 Å². The van der Waals surface area contributed by atoms with E-state index in [9.17, 15) is 8.78 Å². The Bertz CT molecular complexity index is 1280. The second-order valence-electron chi connectivity index (χ2n) is 8.92. The number of benzene rings is 2. The number of hydrogen-bond acceptors (Lipinski definition) is 4. The minimum absolute atomic E-state index is 0.179. The lowest BCUT2D eigenvalue weighted by Gasteiger charge is -2.20. The second-order valence-corrected chi connectivity index (χ2v) is 8.92. The van der Waals surface area contributed by atoms with Crippen LogP contribution in [0, 0.1) is 0 Å². The van der Waals surface area contributed by atoms with Crippen LogP contribution >= 0.6 is 0 Å². The van der Waals surface area contributed by atoms with E-state index in [0.29, 0.717) is 23.3 Å². The fourth-order valence-corrected chi connectivity index (χ4v) is 3.71. The molecule has 0 fully saturated rings. The Balaban J connectivity index is 1.99. The summed E-state index contributed by atoms with van der Waals surface area (Å²) >= 11 is 0. The summed E-state index contributed by atoms with van der Waals surface area (Å²) in [6.45, 7) is 10.3. The Hall–Kier alpha value is -3.48. The Labute approximate surface area is 185 Å². The molecule has 2 aromatic carbocycles. The van der Waals surface area contributed by atoms with Crippen LogP contribution in [-0.2, 0) is 17.8 Å². The Morgan fingerprint density at radius 3 is 2.22 bits per heavy atom. The molecule has 164 valence electrons. The summed E-state index contributed by atoms with van der Waals surface area (Å²) in [6, 6.07) is 17.9. The summed E-state index contributed by atoms with van der Waals surface area (Å²) in [6.07, 6.45) is 0.680. The lowest BCUT2D eigenvalue weighted by molar-refractivity contribution is 0.00767. The van der Waals surface area contributed by atoms with Crippen molar-refractivity contribution < 1.29 is 8.78 Å². The molecule has 0 radical (unpaired) electrons. The van der Waals surface area contributed by atoms with Crippen LogP contribution in [0.15, 0.2) is 59.6 Å². The van der Waals surface area contributed by atoms with Gasteiger partial charge in [0.15, 0.2) is 11.5 Å². The van der Waals surface area contributed by atoms with Crippen molar-refractivity contribution in [1.29, 1.82) is 0 Å². The first kappa shape index (κ1) is 21.7. The lowest BCUT2D eigenvalue weighted by atomic mass is 9.89. The monoisotopic (exact) mass is 433 g/mol. The van der Waals surface area contributed by atoms with Crippen molar-refractivity contribution in [2.24, 2.45) is 4.99 Å². The quantitative estimate of drug-likeness (QED) is 0.355. The number of fused-ring (bicyclic) bond motifs is 1. The number of aromatic nitrogens is 4. The van der Waals surface area contributed by atoms with Crippen LogP contribution in [0.1, 0.15) is 50.3 Å². The molecule has 4 rings (SSSR count). The molecular weight excluding hydrogens is 408 g/mol. The van der Waals surface area contributed by atoms with Crippen molar-refractivity contribution in [3.05, 3.63) is 77.2 Å². The molecule has 0 aliphatic rings. The minimum atomic E-state index is -3.19. The van der Waals surface area contributed by atoms with Crippen molar-refractivity contribution in [2.45, 2.75) is 45.5 Å². The minimum Gasteiger partial charge on any atom is -0.244 e. The van der Waals surface area contributed by atoms with E-state index < -0.39 is 17.2 Å². The molecule has 0 aliphatic carbocycles.